The van der Waals surface area contributed by atoms with E-state index < -0.39 is 5.91 Å². The van der Waals surface area contributed by atoms with E-state index in [1.807, 2.05) is 0 Å². The molecule has 7 heteroatoms. The van der Waals surface area contributed by atoms with Crippen LogP contribution in [0.25, 0.3) is 0 Å². The van der Waals surface area contributed by atoms with E-state index in [9.17, 15) is 9.59 Å². The summed E-state index contributed by atoms with van der Waals surface area (Å²) in [6.45, 7) is -0.0474. The largest absolute Gasteiger partial charge is 0.368 e. The van der Waals surface area contributed by atoms with Crippen LogP contribution in [0.1, 0.15) is 10.4 Å². The van der Waals surface area contributed by atoms with Crippen molar-refractivity contribution in [2.24, 2.45) is 5.73 Å². The number of hydrogen-bond acceptors (Lipinski definition) is 5. The number of nitrogens with two attached hydrogens (primary N) is 1. The van der Waals surface area contributed by atoms with Crippen molar-refractivity contribution in [1.82, 2.24) is 9.97 Å². The van der Waals surface area contributed by atoms with Crippen LogP contribution in [-0.2, 0) is 4.79 Å². The van der Waals surface area contributed by atoms with Crippen molar-refractivity contribution in [2.75, 3.05) is 18.5 Å². The minimum atomic E-state index is -0.524. The molecule has 0 unspecified atom stereocenters. The predicted octanol–water partition coefficient (Wildman–Crippen LogP) is -0.136. The Morgan fingerprint density at radius 3 is 2.87 bits per heavy atom. The Morgan fingerprint density at radius 1 is 1.67 bits per heavy atom. The summed E-state index contributed by atoms with van der Waals surface area (Å²) in [6, 6.07) is 0. The van der Waals surface area contributed by atoms with Gasteiger partial charge in [0.25, 0.3) is 0 Å². The summed E-state index contributed by atoms with van der Waals surface area (Å²) in [5.41, 5.74) is 5.16. The van der Waals surface area contributed by atoms with E-state index in [0.29, 0.717) is 6.29 Å². The molecule has 0 spiro atoms. The SMILES string of the molecule is CN(CC(N)=O)c1ncnc(Cl)c1C=O. The summed E-state index contributed by atoms with van der Waals surface area (Å²) in [6.07, 6.45) is 1.75. The number of nitrogens with zero attached hydrogens (tertiary/aromatic N) is 3. The van der Waals surface area contributed by atoms with E-state index in [1.165, 1.54) is 11.2 Å². The molecule has 80 valence electrons. The average Bonchev–Trinajstić information content (AvgIpc) is 2.16. The molecule has 0 aliphatic heterocycles. The number of carbonyl (C=O) groups is 2. The third-order valence-electron chi connectivity index (χ3n) is 1.69. The van der Waals surface area contributed by atoms with Crippen LogP contribution >= 0.6 is 11.6 Å². The lowest BCUT2D eigenvalue weighted by atomic mass is 10.3. The number of carbonyl (C=O) groups excluding carboxylic acids is 2. The monoisotopic (exact) mass is 228 g/mol. The smallest absolute Gasteiger partial charge is 0.236 e. The van der Waals surface area contributed by atoms with E-state index in [-0.39, 0.29) is 23.1 Å². The number of amides is 1. The van der Waals surface area contributed by atoms with E-state index in [2.05, 4.69) is 9.97 Å². The lowest BCUT2D eigenvalue weighted by Crippen LogP contribution is -2.31. The van der Waals surface area contributed by atoms with Crippen LogP contribution in [0.4, 0.5) is 5.82 Å². The van der Waals surface area contributed by atoms with Gasteiger partial charge in [0.05, 0.1) is 12.1 Å². The first kappa shape index (κ1) is 11.4. The van der Waals surface area contributed by atoms with Crippen LogP contribution < -0.4 is 10.6 Å². The zero-order valence-electron chi connectivity index (χ0n) is 7.98. The van der Waals surface area contributed by atoms with Crippen LogP contribution in [0.5, 0.6) is 0 Å². The van der Waals surface area contributed by atoms with Gasteiger partial charge >= 0.3 is 0 Å². The number of likely N-dealkylation sites (N-methyl/N-ethyl adjacent to an activating group) is 1. The van der Waals surface area contributed by atoms with Gasteiger partial charge in [-0.25, -0.2) is 9.97 Å². The second-order valence-electron chi connectivity index (χ2n) is 2.84. The Labute approximate surface area is 91.1 Å². The molecule has 0 saturated heterocycles. The van der Waals surface area contributed by atoms with Gasteiger partial charge in [0, 0.05) is 7.05 Å². The van der Waals surface area contributed by atoms with Crippen LogP contribution in [-0.4, -0.2) is 35.8 Å². The minimum Gasteiger partial charge on any atom is -0.368 e. The maximum atomic E-state index is 10.7. The lowest BCUT2D eigenvalue weighted by Gasteiger charge is -2.17. The first-order valence-corrected chi connectivity index (χ1v) is 4.39. The minimum absolute atomic E-state index is 0.0474. The Bertz CT molecular complexity index is 396. The van der Waals surface area contributed by atoms with Gasteiger partial charge in [0.15, 0.2) is 6.29 Å². The number of anilines is 1. The molecule has 15 heavy (non-hydrogen) atoms. The Balaban J connectivity index is 3.07. The van der Waals surface area contributed by atoms with E-state index in [1.54, 1.807) is 7.05 Å². The van der Waals surface area contributed by atoms with Crippen LogP contribution in [0.15, 0.2) is 6.33 Å². The molecule has 0 bridgehead atoms. The fraction of sp³-hybridized carbons (Fsp3) is 0.250. The number of aldehydes is 1. The molecule has 1 aromatic heterocycles. The van der Waals surface area contributed by atoms with Gasteiger partial charge < -0.3 is 10.6 Å². The van der Waals surface area contributed by atoms with Crippen LogP contribution in [0.2, 0.25) is 5.15 Å². The van der Waals surface area contributed by atoms with Crippen molar-refractivity contribution in [3.63, 3.8) is 0 Å². The molecule has 0 atom stereocenters. The lowest BCUT2D eigenvalue weighted by molar-refractivity contribution is -0.116. The molecule has 1 amide bonds. The molecule has 1 aromatic rings. The van der Waals surface area contributed by atoms with Gasteiger partial charge in [-0.2, -0.15) is 0 Å². The predicted molar refractivity (Wildman–Crippen MR) is 54.9 cm³/mol. The van der Waals surface area contributed by atoms with Gasteiger partial charge in [-0.05, 0) is 0 Å². The van der Waals surface area contributed by atoms with Crippen molar-refractivity contribution >= 4 is 29.6 Å². The summed E-state index contributed by atoms with van der Waals surface area (Å²) in [7, 11) is 1.58. The van der Waals surface area contributed by atoms with Crippen LogP contribution in [0.3, 0.4) is 0 Å². The van der Waals surface area contributed by atoms with Crippen molar-refractivity contribution in [1.29, 1.82) is 0 Å². The molecule has 0 radical (unpaired) electrons. The number of aromatic nitrogens is 2. The molecule has 0 aliphatic carbocycles. The third-order valence-corrected chi connectivity index (χ3v) is 1.99. The quantitative estimate of drug-likeness (QED) is 0.573. The second kappa shape index (κ2) is 4.70. The van der Waals surface area contributed by atoms with Crippen molar-refractivity contribution in [2.45, 2.75) is 0 Å². The summed E-state index contributed by atoms with van der Waals surface area (Å²) >= 11 is 5.68. The number of hydrogen-bond donors (Lipinski definition) is 1. The highest BCUT2D eigenvalue weighted by molar-refractivity contribution is 6.32. The Hall–Kier alpha value is -1.69. The molecule has 1 heterocycles. The molecule has 2 N–H and O–H groups in total. The Kier molecular flexibility index (Phi) is 3.56. The van der Waals surface area contributed by atoms with Gasteiger partial charge in [-0.15, -0.1) is 0 Å². The number of halogens is 1. The highest BCUT2D eigenvalue weighted by Crippen LogP contribution is 2.19. The molecule has 0 fully saturated rings. The molecular formula is C8H9ClN4O2. The third kappa shape index (κ3) is 2.63. The summed E-state index contributed by atoms with van der Waals surface area (Å²) < 4.78 is 0. The van der Waals surface area contributed by atoms with Gasteiger partial charge in [-0.1, -0.05) is 11.6 Å². The first-order valence-electron chi connectivity index (χ1n) is 4.01. The highest BCUT2D eigenvalue weighted by Gasteiger charge is 2.14. The topological polar surface area (TPSA) is 89.2 Å². The number of primary amides is 1. The maximum Gasteiger partial charge on any atom is 0.236 e. The van der Waals surface area contributed by atoms with Crippen molar-refractivity contribution in [3.8, 4) is 0 Å². The molecule has 0 saturated carbocycles. The molecule has 1 rings (SSSR count). The molecule has 0 aliphatic rings. The molecule has 0 aromatic carbocycles. The maximum absolute atomic E-state index is 10.7. The normalized spacial score (nSPS) is 9.73. The Morgan fingerprint density at radius 2 is 2.33 bits per heavy atom. The van der Waals surface area contributed by atoms with E-state index in [4.69, 9.17) is 17.3 Å². The van der Waals surface area contributed by atoms with Crippen molar-refractivity contribution in [3.05, 3.63) is 17.0 Å². The number of rotatable bonds is 4. The van der Waals surface area contributed by atoms with E-state index >= 15 is 0 Å². The van der Waals surface area contributed by atoms with Gasteiger partial charge in [0.1, 0.15) is 17.3 Å². The average molecular weight is 229 g/mol. The highest BCUT2D eigenvalue weighted by atomic mass is 35.5. The van der Waals surface area contributed by atoms with Crippen molar-refractivity contribution < 1.29 is 9.59 Å². The van der Waals surface area contributed by atoms with Gasteiger partial charge in [-0.3, -0.25) is 9.59 Å². The standard InChI is InChI=1S/C8H9ClN4O2/c1-13(2-6(10)15)8-5(3-14)7(9)11-4-12-8/h3-4H,2H2,1H3,(H2,10,15). The zero-order valence-corrected chi connectivity index (χ0v) is 8.73. The fourth-order valence-corrected chi connectivity index (χ4v) is 1.25. The second-order valence-corrected chi connectivity index (χ2v) is 3.20. The zero-order chi connectivity index (χ0) is 11.4. The van der Waals surface area contributed by atoms with Gasteiger partial charge in [0.2, 0.25) is 5.91 Å². The summed E-state index contributed by atoms with van der Waals surface area (Å²) in [5.74, 6) is -0.243. The molecular weight excluding hydrogens is 220 g/mol. The van der Waals surface area contributed by atoms with E-state index in [0.717, 1.165) is 0 Å². The van der Waals surface area contributed by atoms with Crippen LogP contribution in [0, 0.1) is 0 Å². The summed E-state index contributed by atoms with van der Waals surface area (Å²) in [4.78, 5) is 30.4. The fourth-order valence-electron chi connectivity index (χ4n) is 1.08. The summed E-state index contributed by atoms with van der Waals surface area (Å²) in [5, 5.41) is 0.0475. The first-order chi connectivity index (χ1) is 7.06. The molecule has 6 nitrogen and oxygen atoms in total.